The molecule has 29 heavy (non-hydrogen) atoms. The Morgan fingerprint density at radius 3 is 2.24 bits per heavy atom. The first-order valence-corrected chi connectivity index (χ1v) is 10.6. The predicted octanol–water partition coefficient (Wildman–Crippen LogP) is 5.44. The van der Waals surface area contributed by atoms with E-state index < -0.39 is 0 Å². The summed E-state index contributed by atoms with van der Waals surface area (Å²) in [6.45, 7) is 3.56. The van der Waals surface area contributed by atoms with Crippen molar-refractivity contribution in [2.24, 2.45) is 5.73 Å². The fraction of sp³-hybridized carbons (Fsp3) is 0.250. The highest BCUT2D eigenvalue weighted by Crippen LogP contribution is 2.41. The number of benzene rings is 2. The standard InChI is InChI=1S/C24H25N3OS/c1-14(25)21(15(2)26)24-27-22(23(29-24)18-6-4-3-5-7-18)17-10-8-16(9-11-17)19-12-20(28)13-19/h3-11,19-20,25,28H,12-13,26H2,1-2H3/b21-15+,25-14?. The molecule has 0 unspecified atom stereocenters. The number of rotatable bonds is 5. The number of hydrogen-bond acceptors (Lipinski definition) is 5. The molecular formula is C24H25N3OS. The van der Waals surface area contributed by atoms with Gasteiger partial charge in [-0.05, 0) is 43.7 Å². The van der Waals surface area contributed by atoms with Crippen LogP contribution in [-0.4, -0.2) is 21.9 Å². The van der Waals surface area contributed by atoms with Crippen LogP contribution < -0.4 is 5.73 Å². The number of nitrogens with one attached hydrogen (secondary N) is 1. The minimum Gasteiger partial charge on any atom is -0.402 e. The normalized spacial score (nSPS) is 19.4. The zero-order valence-corrected chi connectivity index (χ0v) is 17.5. The molecule has 1 aliphatic rings. The number of thiazole rings is 1. The molecular weight excluding hydrogens is 378 g/mol. The molecule has 0 aliphatic heterocycles. The van der Waals surface area contributed by atoms with Gasteiger partial charge in [-0.2, -0.15) is 0 Å². The van der Waals surface area contributed by atoms with Crippen molar-refractivity contribution in [2.45, 2.75) is 38.7 Å². The van der Waals surface area contributed by atoms with E-state index in [0.29, 0.717) is 22.9 Å². The number of hydrogen-bond donors (Lipinski definition) is 3. The highest BCUT2D eigenvalue weighted by Gasteiger charge is 2.28. The maximum Gasteiger partial charge on any atom is 0.128 e. The van der Waals surface area contributed by atoms with Gasteiger partial charge in [-0.1, -0.05) is 54.6 Å². The van der Waals surface area contributed by atoms with E-state index in [4.69, 9.17) is 16.1 Å². The van der Waals surface area contributed by atoms with Gasteiger partial charge in [0, 0.05) is 22.5 Å². The van der Waals surface area contributed by atoms with Gasteiger partial charge in [0.05, 0.1) is 16.7 Å². The molecule has 3 aromatic rings. The first kappa shape index (κ1) is 19.6. The van der Waals surface area contributed by atoms with Crippen molar-refractivity contribution in [1.82, 2.24) is 4.98 Å². The van der Waals surface area contributed by atoms with Gasteiger partial charge in [0.25, 0.3) is 0 Å². The van der Waals surface area contributed by atoms with Crippen molar-refractivity contribution in [2.75, 3.05) is 0 Å². The first-order valence-electron chi connectivity index (χ1n) is 9.81. The molecule has 0 amide bonds. The summed E-state index contributed by atoms with van der Waals surface area (Å²) < 4.78 is 0. The molecule has 1 saturated carbocycles. The molecule has 0 bridgehead atoms. The quantitative estimate of drug-likeness (QED) is 0.496. The van der Waals surface area contributed by atoms with Crippen molar-refractivity contribution >= 4 is 22.6 Å². The van der Waals surface area contributed by atoms with Crippen LogP contribution in [0.4, 0.5) is 0 Å². The second kappa shape index (κ2) is 7.93. The Balaban J connectivity index is 1.79. The molecule has 0 atom stereocenters. The first-order chi connectivity index (χ1) is 13.9. The molecule has 5 heteroatoms. The SMILES string of the molecule is CC(=N)/C(=C(/C)N)c1nc(-c2ccc(C3CC(O)C3)cc2)c(-c2ccccc2)s1. The molecule has 1 heterocycles. The van der Waals surface area contributed by atoms with Crippen LogP contribution in [0, 0.1) is 5.41 Å². The van der Waals surface area contributed by atoms with Crippen molar-refractivity contribution < 1.29 is 5.11 Å². The third-order valence-corrected chi connectivity index (χ3v) is 6.54. The number of nitrogens with two attached hydrogens (primary N) is 1. The van der Waals surface area contributed by atoms with Crippen molar-refractivity contribution in [3.05, 3.63) is 70.9 Å². The Hall–Kier alpha value is -2.76. The minimum atomic E-state index is -0.153. The summed E-state index contributed by atoms with van der Waals surface area (Å²) in [5.74, 6) is 0.452. The van der Waals surface area contributed by atoms with E-state index in [1.165, 1.54) is 5.56 Å². The monoisotopic (exact) mass is 403 g/mol. The van der Waals surface area contributed by atoms with E-state index in [-0.39, 0.29) is 6.10 Å². The average Bonchev–Trinajstić information content (AvgIpc) is 3.10. The minimum absolute atomic E-state index is 0.153. The van der Waals surface area contributed by atoms with Gasteiger partial charge in [-0.15, -0.1) is 11.3 Å². The summed E-state index contributed by atoms with van der Waals surface area (Å²) >= 11 is 1.58. The second-order valence-electron chi connectivity index (χ2n) is 7.69. The number of aliphatic hydroxyl groups is 1. The van der Waals surface area contributed by atoms with Crippen molar-refractivity contribution in [1.29, 1.82) is 5.41 Å². The second-order valence-corrected chi connectivity index (χ2v) is 8.69. The van der Waals surface area contributed by atoms with E-state index in [9.17, 15) is 5.11 Å². The molecule has 1 aromatic heterocycles. The zero-order valence-electron chi connectivity index (χ0n) is 16.6. The van der Waals surface area contributed by atoms with Crippen LogP contribution in [0.1, 0.15) is 43.2 Å². The molecule has 4 nitrogen and oxygen atoms in total. The van der Waals surface area contributed by atoms with E-state index in [2.05, 4.69) is 36.4 Å². The Morgan fingerprint density at radius 2 is 1.69 bits per heavy atom. The van der Waals surface area contributed by atoms with Gasteiger partial charge in [-0.3, -0.25) is 0 Å². The highest BCUT2D eigenvalue weighted by molar-refractivity contribution is 7.17. The van der Waals surface area contributed by atoms with E-state index >= 15 is 0 Å². The molecule has 4 rings (SSSR count). The summed E-state index contributed by atoms with van der Waals surface area (Å²) in [6, 6.07) is 18.7. The van der Waals surface area contributed by atoms with Crippen LogP contribution in [0.2, 0.25) is 0 Å². The lowest BCUT2D eigenvalue weighted by Crippen LogP contribution is -2.26. The molecule has 0 radical (unpaired) electrons. The topological polar surface area (TPSA) is 83.0 Å². The fourth-order valence-electron chi connectivity index (χ4n) is 3.81. The van der Waals surface area contributed by atoms with Crippen molar-refractivity contribution in [3.8, 4) is 21.7 Å². The van der Waals surface area contributed by atoms with Crippen LogP contribution in [0.15, 0.2) is 60.3 Å². The van der Waals surface area contributed by atoms with Crippen LogP contribution in [-0.2, 0) is 0 Å². The summed E-state index contributed by atoms with van der Waals surface area (Å²) in [5, 5.41) is 18.5. The van der Waals surface area contributed by atoms with Crippen LogP contribution in [0.5, 0.6) is 0 Å². The Bertz CT molecular complexity index is 1060. The highest BCUT2D eigenvalue weighted by atomic mass is 32.1. The number of aliphatic hydroxyl groups excluding tert-OH is 1. The van der Waals surface area contributed by atoms with E-state index in [0.717, 1.165) is 39.5 Å². The summed E-state index contributed by atoms with van der Waals surface area (Å²) in [6.07, 6.45) is 1.54. The molecule has 2 aromatic carbocycles. The maximum absolute atomic E-state index is 9.58. The largest absolute Gasteiger partial charge is 0.402 e. The third kappa shape index (κ3) is 3.88. The summed E-state index contributed by atoms with van der Waals surface area (Å²) in [7, 11) is 0. The van der Waals surface area contributed by atoms with Gasteiger partial charge >= 0.3 is 0 Å². The Morgan fingerprint density at radius 1 is 1.03 bits per heavy atom. The lowest BCUT2D eigenvalue weighted by molar-refractivity contribution is 0.0746. The summed E-state index contributed by atoms with van der Waals surface area (Å²) in [5.41, 5.74) is 12.1. The van der Waals surface area contributed by atoms with Crippen molar-refractivity contribution in [3.63, 3.8) is 0 Å². The summed E-state index contributed by atoms with van der Waals surface area (Å²) in [4.78, 5) is 6.00. The van der Waals surface area contributed by atoms with Gasteiger partial charge in [0.15, 0.2) is 0 Å². The number of nitrogens with zero attached hydrogens (tertiary/aromatic N) is 1. The average molecular weight is 404 g/mol. The molecule has 1 fully saturated rings. The molecule has 0 saturated heterocycles. The maximum atomic E-state index is 9.58. The van der Waals surface area contributed by atoms with Crippen LogP contribution in [0.3, 0.4) is 0 Å². The van der Waals surface area contributed by atoms with Crippen LogP contribution >= 0.6 is 11.3 Å². The molecule has 0 spiro atoms. The Kier molecular flexibility index (Phi) is 5.35. The van der Waals surface area contributed by atoms with Gasteiger partial charge in [-0.25, -0.2) is 4.98 Å². The predicted molar refractivity (Wildman–Crippen MR) is 121 cm³/mol. The lowest BCUT2D eigenvalue weighted by atomic mass is 9.77. The smallest absolute Gasteiger partial charge is 0.128 e. The van der Waals surface area contributed by atoms with Gasteiger partial charge in [0.2, 0.25) is 0 Å². The molecule has 1 aliphatic carbocycles. The van der Waals surface area contributed by atoms with Gasteiger partial charge in [0.1, 0.15) is 5.01 Å². The number of allylic oxidation sites excluding steroid dienone is 2. The third-order valence-electron chi connectivity index (χ3n) is 5.42. The van der Waals surface area contributed by atoms with E-state index in [1.54, 1.807) is 18.3 Å². The fourth-order valence-corrected chi connectivity index (χ4v) is 5.07. The Labute approximate surface area is 175 Å². The van der Waals surface area contributed by atoms with E-state index in [1.807, 2.05) is 25.1 Å². The lowest BCUT2D eigenvalue weighted by Gasteiger charge is -2.31. The van der Waals surface area contributed by atoms with Gasteiger partial charge < -0.3 is 16.2 Å². The number of aromatic nitrogens is 1. The molecule has 4 N–H and O–H groups in total. The molecule has 148 valence electrons. The zero-order chi connectivity index (χ0) is 20.5. The van der Waals surface area contributed by atoms with Crippen LogP contribution in [0.25, 0.3) is 27.3 Å².